The molecule has 0 spiro atoms. The molecule has 0 fully saturated rings. The van der Waals surface area contributed by atoms with Crippen molar-refractivity contribution < 1.29 is 18.0 Å². The molecule has 0 saturated heterocycles. The van der Waals surface area contributed by atoms with E-state index in [1.54, 1.807) is 31.2 Å². The summed E-state index contributed by atoms with van der Waals surface area (Å²) in [5.41, 5.74) is -0.944. The molecule has 2 aromatic carbocycles. The van der Waals surface area contributed by atoms with E-state index in [1.165, 1.54) is 11.8 Å². The first-order valence-corrected chi connectivity index (χ1v) is 8.40. The fourth-order valence-corrected chi connectivity index (χ4v) is 2.96. The lowest BCUT2D eigenvalue weighted by atomic mass is 10.2. The van der Waals surface area contributed by atoms with E-state index in [2.05, 4.69) is 5.32 Å². The number of anilines is 1. The molecule has 0 aliphatic heterocycles. The van der Waals surface area contributed by atoms with Crippen LogP contribution in [0.15, 0.2) is 47.4 Å². The lowest BCUT2D eigenvalue weighted by Gasteiger charge is -2.15. The van der Waals surface area contributed by atoms with E-state index in [9.17, 15) is 18.0 Å². The van der Waals surface area contributed by atoms with Gasteiger partial charge >= 0.3 is 6.18 Å². The summed E-state index contributed by atoms with van der Waals surface area (Å²) in [6.07, 6.45) is -4.51. The number of carbonyl (C=O) groups excluding carboxylic acids is 1. The van der Waals surface area contributed by atoms with Crippen LogP contribution in [0.4, 0.5) is 18.9 Å². The van der Waals surface area contributed by atoms with Crippen LogP contribution in [0.25, 0.3) is 0 Å². The molecule has 1 atom stereocenters. The first-order chi connectivity index (χ1) is 11.2. The van der Waals surface area contributed by atoms with Crippen molar-refractivity contribution in [2.45, 2.75) is 23.2 Å². The van der Waals surface area contributed by atoms with Gasteiger partial charge in [-0.15, -0.1) is 11.8 Å². The Balaban J connectivity index is 2.09. The number of benzene rings is 2. The number of halogens is 5. The summed E-state index contributed by atoms with van der Waals surface area (Å²) in [5, 5.41) is 2.52. The average molecular weight is 394 g/mol. The predicted octanol–water partition coefficient (Wildman–Crippen LogP) is 6.13. The molecule has 0 bridgehead atoms. The number of thioether (sulfide) groups is 1. The SMILES string of the molecule is C[C@H](Sc1ccc(Cl)cc1)C(=O)Nc1cc(C(F)(F)F)ccc1Cl. The Bertz CT molecular complexity index is 735. The van der Waals surface area contributed by atoms with Crippen molar-refractivity contribution in [1.29, 1.82) is 0 Å². The third kappa shape index (κ3) is 5.06. The Morgan fingerprint density at radius 3 is 2.33 bits per heavy atom. The summed E-state index contributed by atoms with van der Waals surface area (Å²) < 4.78 is 38.2. The van der Waals surface area contributed by atoms with Crippen molar-refractivity contribution in [3.8, 4) is 0 Å². The lowest BCUT2D eigenvalue weighted by Crippen LogP contribution is -2.22. The predicted molar refractivity (Wildman–Crippen MR) is 91.9 cm³/mol. The van der Waals surface area contributed by atoms with Crippen molar-refractivity contribution in [2.24, 2.45) is 0 Å². The van der Waals surface area contributed by atoms with Gasteiger partial charge in [-0.1, -0.05) is 23.2 Å². The van der Waals surface area contributed by atoms with Gasteiger partial charge in [0, 0.05) is 9.92 Å². The highest BCUT2D eigenvalue weighted by atomic mass is 35.5. The van der Waals surface area contributed by atoms with Crippen molar-refractivity contribution in [3.63, 3.8) is 0 Å². The maximum atomic E-state index is 12.7. The van der Waals surface area contributed by atoms with Gasteiger partial charge in [-0.25, -0.2) is 0 Å². The largest absolute Gasteiger partial charge is 0.416 e. The minimum Gasteiger partial charge on any atom is -0.324 e. The molecular formula is C16H12Cl2F3NOS. The van der Waals surface area contributed by atoms with Crippen LogP contribution in [0, 0.1) is 0 Å². The fraction of sp³-hybridized carbons (Fsp3) is 0.188. The van der Waals surface area contributed by atoms with Crippen molar-refractivity contribution in [1.82, 2.24) is 0 Å². The Hall–Kier alpha value is -1.37. The molecule has 0 unspecified atom stereocenters. The zero-order chi connectivity index (χ0) is 17.9. The van der Waals surface area contributed by atoms with Crippen LogP contribution in [-0.4, -0.2) is 11.2 Å². The number of nitrogens with one attached hydrogen (secondary N) is 1. The zero-order valence-corrected chi connectivity index (χ0v) is 14.7. The van der Waals surface area contributed by atoms with E-state index < -0.39 is 22.9 Å². The molecule has 2 aromatic rings. The number of amides is 1. The van der Waals surface area contributed by atoms with Crippen LogP contribution >= 0.6 is 35.0 Å². The number of hydrogen-bond acceptors (Lipinski definition) is 2. The lowest BCUT2D eigenvalue weighted by molar-refractivity contribution is -0.137. The van der Waals surface area contributed by atoms with E-state index in [0.29, 0.717) is 5.02 Å². The second kappa shape index (κ2) is 7.68. The van der Waals surface area contributed by atoms with Gasteiger partial charge in [0.1, 0.15) is 0 Å². The van der Waals surface area contributed by atoms with Crippen LogP contribution in [0.3, 0.4) is 0 Å². The summed E-state index contributed by atoms with van der Waals surface area (Å²) in [5.74, 6) is -0.448. The first kappa shape index (κ1) is 19.0. The Morgan fingerprint density at radius 2 is 1.75 bits per heavy atom. The fourth-order valence-electron chi connectivity index (χ4n) is 1.80. The second-order valence-corrected chi connectivity index (χ2v) is 7.15. The summed E-state index contributed by atoms with van der Waals surface area (Å²) in [7, 11) is 0. The maximum absolute atomic E-state index is 12.7. The van der Waals surface area contributed by atoms with Gasteiger partial charge in [-0.2, -0.15) is 13.2 Å². The van der Waals surface area contributed by atoms with Gasteiger partial charge in [0.15, 0.2) is 0 Å². The minimum absolute atomic E-state index is 0.0417. The maximum Gasteiger partial charge on any atom is 0.416 e. The molecule has 8 heteroatoms. The molecule has 1 N–H and O–H groups in total. The Labute approximate surface area is 151 Å². The molecule has 128 valence electrons. The molecule has 0 aliphatic rings. The van der Waals surface area contributed by atoms with E-state index in [1.807, 2.05) is 0 Å². The standard InChI is InChI=1S/C16H12Cl2F3NOS/c1-9(24-12-5-3-11(17)4-6-12)15(23)22-14-8-10(16(19,20)21)2-7-13(14)18/h2-9H,1H3,(H,22,23)/t9-/m0/s1. The van der Waals surface area contributed by atoms with Crippen LogP contribution in [0.1, 0.15) is 12.5 Å². The van der Waals surface area contributed by atoms with Crippen molar-refractivity contribution in [3.05, 3.63) is 58.1 Å². The van der Waals surface area contributed by atoms with Gasteiger partial charge in [0.05, 0.1) is 21.5 Å². The Kier molecular flexibility index (Phi) is 6.06. The summed E-state index contributed by atoms with van der Waals surface area (Å²) >= 11 is 12.9. The molecule has 0 saturated carbocycles. The highest BCUT2D eigenvalue weighted by molar-refractivity contribution is 8.00. The van der Waals surface area contributed by atoms with Gasteiger partial charge < -0.3 is 5.32 Å². The molecule has 0 aromatic heterocycles. The normalized spacial score (nSPS) is 12.8. The summed E-state index contributed by atoms with van der Waals surface area (Å²) in [4.78, 5) is 13.0. The second-order valence-electron chi connectivity index (χ2n) is 4.90. The van der Waals surface area contributed by atoms with E-state index in [-0.39, 0.29) is 10.7 Å². The van der Waals surface area contributed by atoms with Gasteiger partial charge in [-0.3, -0.25) is 4.79 Å². The molecule has 2 rings (SSSR count). The average Bonchev–Trinajstić information content (AvgIpc) is 2.50. The highest BCUT2D eigenvalue weighted by Gasteiger charge is 2.31. The summed E-state index contributed by atoms with van der Waals surface area (Å²) in [6, 6.07) is 9.69. The molecule has 2 nitrogen and oxygen atoms in total. The van der Waals surface area contributed by atoms with E-state index >= 15 is 0 Å². The first-order valence-electron chi connectivity index (χ1n) is 6.76. The number of alkyl halides is 3. The third-order valence-corrected chi connectivity index (χ3v) is 4.74. The number of hydrogen-bond donors (Lipinski definition) is 1. The quantitative estimate of drug-likeness (QED) is 0.632. The monoisotopic (exact) mass is 393 g/mol. The molecule has 24 heavy (non-hydrogen) atoms. The number of carbonyl (C=O) groups is 1. The van der Waals surface area contributed by atoms with E-state index in [4.69, 9.17) is 23.2 Å². The zero-order valence-electron chi connectivity index (χ0n) is 12.3. The highest BCUT2D eigenvalue weighted by Crippen LogP contribution is 2.34. The van der Waals surface area contributed by atoms with Crippen LogP contribution in [-0.2, 0) is 11.0 Å². The molecule has 0 heterocycles. The Morgan fingerprint density at radius 1 is 1.12 bits per heavy atom. The van der Waals surface area contributed by atoms with E-state index in [0.717, 1.165) is 23.1 Å². The number of rotatable bonds is 4. The van der Waals surface area contributed by atoms with Crippen LogP contribution in [0.2, 0.25) is 10.0 Å². The van der Waals surface area contributed by atoms with Crippen molar-refractivity contribution in [2.75, 3.05) is 5.32 Å². The molecular weight excluding hydrogens is 382 g/mol. The molecule has 0 radical (unpaired) electrons. The van der Waals surface area contributed by atoms with Crippen LogP contribution < -0.4 is 5.32 Å². The molecule has 0 aliphatic carbocycles. The van der Waals surface area contributed by atoms with Gasteiger partial charge in [-0.05, 0) is 49.4 Å². The van der Waals surface area contributed by atoms with Crippen molar-refractivity contribution >= 4 is 46.6 Å². The van der Waals surface area contributed by atoms with Gasteiger partial charge in [0.2, 0.25) is 5.91 Å². The molecule has 1 amide bonds. The topological polar surface area (TPSA) is 29.1 Å². The van der Waals surface area contributed by atoms with Crippen LogP contribution in [0.5, 0.6) is 0 Å². The smallest absolute Gasteiger partial charge is 0.324 e. The summed E-state index contributed by atoms with van der Waals surface area (Å²) in [6.45, 7) is 1.65. The van der Waals surface area contributed by atoms with Gasteiger partial charge in [0.25, 0.3) is 0 Å². The minimum atomic E-state index is -4.51. The third-order valence-electron chi connectivity index (χ3n) is 3.05.